The van der Waals surface area contributed by atoms with Crippen LogP contribution in [0.2, 0.25) is 0 Å². The predicted octanol–water partition coefficient (Wildman–Crippen LogP) is -0.833. The average Bonchev–Trinajstić information content (AvgIpc) is 1.87. The van der Waals surface area contributed by atoms with Gasteiger partial charge >= 0.3 is 5.97 Å². The highest BCUT2D eigenvalue weighted by Crippen LogP contribution is 1.86. The van der Waals surface area contributed by atoms with Crippen LogP contribution in [0.25, 0.3) is 0 Å². The minimum atomic E-state index is -1.10. The minimum Gasteiger partial charge on any atom is -0.480 e. The Hall–Kier alpha value is -0.420. The molecule has 10 heavy (non-hydrogen) atoms. The van der Waals surface area contributed by atoms with E-state index in [1.54, 1.807) is 6.92 Å². The summed E-state index contributed by atoms with van der Waals surface area (Å²) in [5.41, 5.74) is 5.10. The van der Waals surface area contributed by atoms with Crippen LogP contribution in [0.3, 0.4) is 0 Å². The van der Waals surface area contributed by atoms with Crippen molar-refractivity contribution in [2.24, 2.45) is 5.73 Å². The third-order valence-corrected chi connectivity index (χ3v) is 2.38. The summed E-state index contributed by atoms with van der Waals surface area (Å²) in [6.45, 7) is 1.73. The van der Waals surface area contributed by atoms with Gasteiger partial charge in [-0.25, -0.2) is 0 Å². The number of rotatable bonds is 4. The second kappa shape index (κ2) is 4.40. The maximum absolute atomic E-state index is 10.7. The zero-order valence-electron chi connectivity index (χ0n) is 5.74. The van der Waals surface area contributed by atoms with E-state index in [1.807, 2.05) is 0 Å². The molecule has 0 unspecified atom stereocenters. The molecular formula is C5H11NO3S. The molecule has 3 N–H and O–H groups in total. The number of nitrogens with two attached hydrogens (primary N) is 1. The Balaban J connectivity index is 3.68. The van der Waals surface area contributed by atoms with Gasteiger partial charge in [-0.15, -0.1) is 0 Å². The molecule has 0 radical (unpaired) electrons. The van der Waals surface area contributed by atoms with Gasteiger partial charge in [-0.3, -0.25) is 9.00 Å². The van der Waals surface area contributed by atoms with E-state index in [1.165, 1.54) is 0 Å². The molecule has 4 nitrogen and oxygen atoms in total. The van der Waals surface area contributed by atoms with Crippen LogP contribution in [0.15, 0.2) is 0 Å². The van der Waals surface area contributed by atoms with E-state index in [9.17, 15) is 9.00 Å². The molecule has 0 amide bonds. The summed E-state index contributed by atoms with van der Waals surface area (Å²) in [6, 6.07) is -0.985. The fourth-order valence-electron chi connectivity index (χ4n) is 0.389. The summed E-state index contributed by atoms with van der Waals surface area (Å²) in [6.07, 6.45) is 0. The Morgan fingerprint density at radius 3 is 2.60 bits per heavy atom. The van der Waals surface area contributed by atoms with Gasteiger partial charge < -0.3 is 10.8 Å². The van der Waals surface area contributed by atoms with Gasteiger partial charge in [0.15, 0.2) is 0 Å². The number of carboxylic acids is 1. The monoisotopic (exact) mass is 165 g/mol. The summed E-state index contributed by atoms with van der Waals surface area (Å²) < 4.78 is 10.7. The topological polar surface area (TPSA) is 80.4 Å². The summed E-state index contributed by atoms with van der Waals surface area (Å²) in [5.74, 6) is -0.589. The van der Waals surface area contributed by atoms with Crippen molar-refractivity contribution in [3.8, 4) is 0 Å². The van der Waals surface area contributed by atoms with E-state index < -0.39 is 22.8 Å². The highest BCUT2D eigenvalue weighted by molar-refractivity contribution is 7.85. The highest BCUT2D eigenvalue weighted by atomic mass is 32.2. The maximum atomic E-state index is 10.7. The van der Waals surface area contributed by atoms with Crippen molar-refractivity contribution in [2.45, 2.75) is 13.0 Å². The molecule has 0 aliphatic carbocycles. The average molecular weight is 165 g/mol. The second-order valence-electron chi connectivity index (χ2n) is 1.84. The van der Waals surface area contributed by atoms with E-state index in [4.69, 9.17) is 10.8 Å². The van der Waals surface area contributed by atoms with Crippen molar-refractivity contribution in [1.82, 2.24) is 0 Å². The zero-order chi connectivity index (χ0) is 8.15. The maximum Gasteiger partial charge on any atom is 0.321 e. The molecule has 0 bridgehead atoms. The predicted molar refractivity (Wildman–Crippen MR) is 39.2 cm³/mol. The molecule has 0 fully saturated rings. The third-order valence-electron chi connectivity index (χ3n) is 1.00. The molecule has 0 saturated carbocycles. The fourth-order valence-corrected chi connectivity index (χ4v) is 1.17. The normalized spacial score (nSPS) is 16.2. The number of hydrogen-bond donors (Lipinski definition) is 2. The molecule has 60 valence electrons. The van der Waals surface area contributed by atoms with Gasteiger partial charge in [0.2, 0.25) is 0 Å². The Labute approximate surface area is 61.9 Å². The minimum absolute atomic E-state index is 0.0475. The van der Waals surface area contributed by atoms with Crippen LogP contribution < -0.4 is 5.73 Å². The van der Waals surface area contributed by atoms with Crippen LogP contribution in [-0.4, -0.2) is 32.8 Å². The first-order chi connectivity index (χ1) is 4.57. The van der Waals surface area contributed by atoms with Crippen molar-refractivity contribution < 1.29 is 14.1 Å². The van der Waals surface area contributed by atoms with Gasteiger partial charge in [-0.1, -0.05) is 6.92 Å². The van der Waals surface area contributed by atoms with Crippen molar-refractivity contribution >= 4 is 16.8 Å². The lowest BCUT2D eigenvalue weighted by Crippen LogP contribution is -2.35. The zero-order valence-corrected chi connectivity index (χ0v) is 6.56. The van der Waals surface area contributed by atoms with Crippen LogP contribution in [0.1, 0.15) is 6.92 Å². The Morgan fingerprint density at radius 2 is 2.30 bits per heavy atom. The van der Waals surface area contributed by atoms with Gasteiger partial charge in [0.1, 0.15) is 6.04 Å². The van der Waals surface area contributed by atoms with Gasteiger partial charge in [0.25, 0.3) is 0 Å². The van der Waals surface area contributed by atoms with Crippen molar-refractivity contribution in [2.75, 3.05) is 11.5 Å². The standard InChI is InChI=1S/C5H11NO3S/c1-2-10(9)3-4(6)5(7)8/h4H,2-3,6H2,1H3,(H,7,8)/t4-,10+/m0/s1. The molecule has 0 heterocycles. The lowest BCUT2D eigenvalue weighted by Gasteiger charge is -2.02. The lowest BCUT2D eigenvalue weighted by molar-refractivity contribution is -0.137. The number of carboxylic acid groups (broad SMARTS) is 1. The molecule has 0 aromatic carbocycles. The molecule has 0 aliphatic rings. The van der Waals surface area contributed by atoms with E-state index >= 15 is 0 Å². The van der Waals surface area contributed by atoms with Crippen LogP contribution >= 0.6 is 0 Å². The van der Waals surface area contributed by atoms with Crippen LogP contribution in [0.4, 0.5) is 0 Å². The third kappa shape index (κ3) is 3.58. The molecule has 0 aromatic rings. The van der Waals surface area contributed by atoms with E-state index in [-0.39, 0.29) is 5.75 Å². The first kappa shape index (κ1) is 9.58. The summed E-state index contributed by atoms with van der Waals surface area (Å²) in [4.78, 5) is 10.1. The van der Waals surface area contributed by atoms with E-state index in [0.29, 0.717) is 5.75 Å². The number of hydrogen-bond acceptors (Lipinski definition) is 3. The molecule has 0 spiro atoms. The quantitative estimate of drug-likeness (QED) is 0.569. The molecule has 2 atom stereocenters. The van der Waals surface area contributed by atoms with E-state index in [2.05, 4.69) is 0 Å². The number of carbonyl (C=O) groups is 1. The Morgan fingerprint density at radius 1 is 1.80 bits per heavy atom. The van der Waals surface area contributed by atoms with Crippen LogP contribution in [0, 0.1) is 0 Å². The second-order valence-corrected chi connectivity index (χ2v) is 3.63. The highest BCUT2D eigenvalue weighted by Gasteiger charge is 2.13. The molecule has 0 rings (SSSR count). The van der Waals surface area contributed by atoms with Crippen molar-refractivity contribution in [1.29, 1.82) is 0 Å². The molecule has 0 aromatic heterocycles. The first-order valence-corrected chi connectivity index (χ1v) is 4.40. The number of aliphatic carboxylic acids is 1. The smallest absolute Gasteiger partial charge is 0.321 e. The van der Waals surface area contributed by atoms with Crippen LogP contribution in [0.5, 0.6) is 0 Å². The van der Waals surface area contributed by atoms with Crippen molar-refractivity contribution in [3.63, 3.8) is 0 Å². The fraction of sp³-hybridized carbons (Fsp3) is 0.800. The van der Waals surface area contributed by atoms with Crippen LogP contribution in [-0.2, 0) is 15.6 Å². The molecular weight excluding hydrogens is 154 g/mol. The van der Waals surface area contributed by atoms with Gasteiger partial charge in [0, 0.05) is 22.3 Å². The van der Waals surface area contributed by atoms with Gasteiger partial charge in [-0.05, 0) is 0 Å². The molecule has 0 saturated heterocycles. The largest absolute Gasteiger partial charge is 0.480 e. The lowest BCUT2D eigenvalue weighted by atomic mass is 10.4. The van der Waals surface area contributed by atoms with Crippen molar-refractivity contribution in [3.05, 3.63) is 0 Å². The Bertz CT molecular complexity index is 148. The summed E-state index contributed by atoms with van der Waals surface area (Å²) in [5, 5.41) is 8.27. The van der Waals surface area contributed by atoms with E-state index in [0.717, 1.165) is 0 Å². The van der Waals surface area contributed by atoms with Gasteiger partial charge in [-0.2, -0.15) is 0 Å². The summed E-state index contributed by atoms with van der Waals surface area (Å²) in [7, 11) is -1.08. The first-order valence-electron chi connectivity index (χ1n) is 2.91. The van der Waals surface area contributed by atoms with Gasteiger partial charge in [0.05, 0.1) is 0 Å². The SMILES string of the molecule is CC[S@@](=O)C[C@H](N)C(=O)O. The molecule has 0 aliphatic heterocycles. The Kier molecular flexibility index (Phi) is 4.22. The molecule has 5 heteroatoms. The summed E-state index contributed by atoms with van der Waals surface area (Å²) >= 11 is 0.